The van der Waals surface area contributed by atoms with Gasteiger partial charge in [0.2, 0.25) is 5.95 Å². The molecule has 0 saturated carbocycles. The summed E-state index contributed by atoms with van der Waals surface area (Å²) in [5.41, 5.74) is 1.25. The highest BCUT2D eigenvalue weighted by molar-refractivity contribution is 5.76. The number of anilines is 2. The number of H-pyrrole nitrogens is 1. The smallest absolute Gasteiger partial charge is 0.408 e. The van der Waals surface area contributed by atoms with Gasteiger partial charge in [0.05, 0.1) is 26.0 Å². The van der Waals surface area contributed by atoms with E-state index in [1.54, 1.807) is 18.5 Å². The zero-order valence-corrected chi connectivity index (χ0v) is 15.7. The molecule has 2 N–H and O–H groups in total. The number of nitrogens with zero attached hydrogens (tertiary/aromatic N) is 3. The molecule has 7 nitrogen and oxygen atoms in total. The third-order valence-corrected chi connectivity index (χ3v) is 4.81. The third-order valence-electron chi connectivity index (χ3n) is 4.81. The van der Waals surface area contributed by atoms with E-state index < -0.39 is 12.2 Å². The summed E-state index contributed by atoms with van der Waals surface area (Å²) >= 11 is 0. The van der Waals surface area contributed by atoms with Crippen LogP contribution in [0.4, 0.5) is 24.8 Å². The van der Waals surface area contributed by atoms with Crippen molar-refractivity contribution in [1.82, 2.24) is 19.9 Å². The lowest BCUT2D eigenvalue weighted by molar-refractivity contribution is -0.194. The van der Waals surface area contributed by atoms with Crippen molar-refractivity contribution in [2.75, 3.05) is 38.7 Å². The van der Waals surface area contributed by atoms with Gasteiger partial charge in [-0.3, -0.25) is 4.90 Å². The predicted octanol–water partition coefficient (Wildman–Crippen LogP) is 3.65. The van der Waals surface area contributed by atoms with Gasteiger partial charge in [0, 0.05) is 30.9 Å². The first-order valence-electron chi connectivity index (χ1n) is 9.09. The monoisotopic (exact) mass is 407 g/mol. The summed E-state index contributed by atoms with van der Waals surface area (Å²) in [5.74, 6) is 0.590. The number of aromatic nitrogens is 3. The van der Waals surface area contributed by atoms with Crippen molar-refractivity contribution in [3.05, 3.63) is 42.2 Å². The SMILES string of the molecule is COc1cc([C@H](N2CCOCC2)C(F)(F)F)ccc1Nc1ncc2cc[nH]c2n1. The van der Waals surface area contributed by atoms with E-state index in [1.165, 1.54) is 24.1 Å². The van der Waals surface area contributed by atoms with Crippen LogP contribution in [0.5, 0.6) is 5.75 Å². The van der Waals surface area contributed by atoms with Crippen LogP contribution in [-0.2, 0) is 4.74 Å². The molecule has 2 aromatic heterocycles. The lowest BCUT2D eigenvalue weighted by atomic mass is 10.0. The molecule has 1 aromatic carbocycles. The lowest BCUT2D eigenvalue weighted by Gasteiger charge is -2.36. The number of aromatic amines is 1. The van der Waals surface area contributed by atoms with Crippen LogP contribution in [0.2, 0.25) is 0 Å². The zero-order valence-electron chi connectivity index (χ0n) is 15.7. The first-order valence-corrected chi connectivity index (χ1v) is 9.09. The number of hydrogen-bond donors (Lipinski definition) is 2. The standard InChI is InChI=1S/C19H20F3N5O2/c1-28-15-10-12(16(19(20,21)22)27-6-8-29-9-7-27)2-3-14(15)25-18-24-11-13-4-5-23-17(13)26-18/h2-5,10-11,16H,6-9H2,1H3,(H2,23,24,25,26)/t16-/m0/s1. The maximum absolute atomic E-state index is 13.8. The summed E-state index contributed by atoms with van der Waals surface area (Å²) in [6.07, 6.45) is -1.01. The van der Waals surface area contributed by atoms with Gasteiger partial charge in [-0.1, -0.05) is 6.07 Å². The van der Waals surface area contributed by atoms with Crippen LogP contribution in [0.15, 0.2) is 36.7 Å². The maximum Gasteiger partial charge on any atom is 0.408 e. The fourth-order valence-corrected chi connectivity index (χ4v) is 3.44. The van der Waals surface area contributed by atoms with Crippen molar-refractivity contribution < 1.29 is 22.6 Å². The average Bonchev–Trinajstić information content (AvgIpc) is 3.17. The molecular formula is C19H20F3N5O2. The molecular weight excluding hydrogens is 387 g/mol. The molecule has 154 valence electrons. The molecule has 29 heavy (non-hydrogen) atoms. The summed E-state index contributed by atoms with van der Waals surface area (Å²) in [6, 6.07) is 4.53. The third kappa shape index (κ3) is 4.13. The molecule has 3 heterocycles. The largest absolute Gasteiger partial charge is 0.495 e. The fraction of sp³-hybridized carbons (Fsp3) is 0.368. The van der Waals surface area contributed by atoms with Crippen LogP contribution in [0, 0.1) is 0 Å². The number of nitrogens with one attached hydrogen (secondary N) is 2. The number of rotatable bonds is 5. The van der Waals surface area contributed by atoms with Gasteiger partial charge in [-0.25, -0.2) is 4.98 Å². The topological polar surface area (TPSA) is 75.3 Å². The molecule has 0 amide bonds. The predicted molar refractivity (Wildman–Crippen MR) is 101 cm³/mol. The summed E-state index contributed by atoms with van der Waals surface area (Å²) in [7, 11) is 1.41. The highest BCUT2D eigenvalue weighted by Gasteiger charge is 2.45. The number of hydrogen-bond acceptors (Lipinski definition) is 6. The highest BCUT2D eigenvalue weighted by Crippen LogP contribution is 2.40. The van der Waals surface area contributed by atoms with Crippen LogP contribution < -0.4 is 10.1 Å². The quantitative estimate of drug-likeness (QED) is 0.673. The molecule has 0 unspecified atom stereocenters. The summed E-state index contributed by atoms with van der Waals surface area (Å²) in [4.78, 5) is 12.9. The first kappa shape index (κ1) is 19.5. The van der Waals surface area contributed by atoms with Crippen molar-refractivity contribution in [2.24, 2.45) is 0 Å². The van der Waals surface area contributed by atoms with E-state index in [1.807, 2.05) is 6.07 Å². The summed E-state index contributed by atoms with van der Waals surface area (Å²) < 4.78 is 52.0. The van der Waals surface area contributed by atoms with Gasteiger partial charge in [0.1, 0.15) is 17.4 Å². The van der Waals surface area contributed by atoms with Crippen LogP contribution in [0.1, 0.15) is 11.6 Å². The van der Waals surface area contributed by atoms with E-state index in [9.17, 15) is 13.2 Å². The lowest BCUT2D eigenvalue weighted by Crippen LogP contribution is -2.44. The van der Waals surface area contributed by atoms with E-state index in [4.69, 9.17) is 9.47 Å². The van der Waals surface area contributed by atoms with E-state index in [2.05, 4.69) is 20.3 Å². The van der Waals surface area contributed by atoms with E-state index >= 15 is 0 Å². The van der Waals surface area contributed by atoms with Crippen LogP contribution in [-0.4, -0.2) is 59.4 Å². The van der Waals surface area contributed by atoms with E-state index in [0.29, 0.717) is 17.3 Å². The van der Waals surface area contributed by atoms with E-state index in [-0.39, 0.29) is 37.6 Å². The number of methoxy groups -OCH3 is 1. The van der Waals surface area contributed by atoms with Crippen molar-refractivity contribution in [3.8, 4) is 5.75 Å². The van der Waals surface area contributed by atoms with Gasteiger partial charge in [-0.05, 0) is 23.8 Å². The molecule has 1 fully saturated rings. The van der Waals surface area contributed by atoms with Gasteiger partial charge in [0.25, 0.3) is 0 Å². The van der Waals surface area contributed by atoms with Crippen molar-refractivity contribution >= 4 is 22.7 Å². The minimum Gasteiger partial charge on any atom is -0.495 e. The Morgan fingerprint density at radius 1 is 1.24 bits per heavy atom. The number of ether oxygens (including phenoxy) is 2. The van der Waals surface area contributed by atoms with Gasteiger partial charge < -0.3 is 19.8 Å². The van der Waals surface area contributed by atoms with Crippen molar-refractivity contribution in [2.45, 2.75) is 12.2 Å². The molecule has 0 aliphatic carbocycles. The normalized spacial score (nSPS) is 16.7. The fourth-order valence-electron chi connectivity index (χ4n) is 3.44. The van der Waals surface area contributed by atoms with E-state index in [0.717, 1.165) is 5.39 Å². The van der Waals surface area contributed by atoms with Crippen LogP contribution in [0.25, 0.3) is 11.0 Å². The molecule has 10 heteroatoms. The van der Waals surface area contributed by atoms with Gasteiger partial charge in [0.15, 0.2) is 0 Å². The molecule has 0 radical (unpaired) electrons. The first-order chi connectivity index (χ1) is 14.0. The second kappa shape index (κ2) is 7.88. The average molecular weight is 407 g/mol. The Hall–Kier alpha value is -2.85. The Morgan fingerprint density at radius 2 is 2.03 bits per heavy atom. The van der Waals surface area contributed by atoms with Crippen LogP contribution >= 0.6 is 0 Å². The molecule has 4 rings (SSSR count). The zero-order chi connectivity index (χ0) is 20.4. The van der Waals surface area contributed by atoms with Crippen molar-refractivity contribution in [3.63, 3.8) is 0 Å². The second-order valence-corrected chi connectivity index (χ2v) is 6.65. The Morgan fingerprint density at radius 3 is 2.76 bits per heavy atom. The minimum absolute atomic E-state index is 0.113. The minimum atomic E-state index is -4.42. The van der Waals surface area contributed by atoms with Gasteiger partial charge >= 0.3 is 6.18 Å². The maximum atomic E-state index is 13.8. The van der Waals surface area contributed by atoms with Gasteiger partial charge in [-0.15, -0.1) is 0 Å². The summed E-state index contributed by atoms with van der Waals surface area (Å²) in [6.45, 7) is 0.997. The highest BCUT2D eigenvalue weighted by atomic mass is 19.4. The van der Waals surface area contributed by atoms with Crippen LogP contribution in [0.3, 0.4) is 0 Å². The molecule has 3 aromatic rings. The van der Waals surface area contributed by atoms with Crippen molar-refractivity contribution in [1.29, 1.82) is 0 Å². The molecule has 1 aliphatic heterocycles. The molecule has 1 aliphatic rings. The Balaban J connectivity index is 1.63. The number of benzene rings is 1. The molecule has 0 bridgehead atoms. The Bertz CT molecular complexity index is 985. The number of morpholine rings is 1. The Labute approximate surface area is 164 Å². The second-order valence-electron chi connectivity index (χ2n) is 6.65. The molecule has 1 atom stereocenters. The number of fused-ring (bicyclic) bond motifs is 1. The number of halogens is 3. The molecule has 0 spiro atoms. The summed E-state index contributed by atoms with van der Waals surface area (Å²) in [5, 5.41) is 3.87. The Kier molecular flexibility index (Phi) is 5.29. The number of alkyl halides is 3. The molecule has 1 saturated heterocycles. The van der Waals surface area contributed by atoms with Gasteiger partial charge in [-0.2, -0.15) is 18.2 Å².